The number of piperidine rings is 1. The molecule has 2 aliphatic heterocycles. The van der Waals surface area contributed by atoms with Crippen LogP contribution in [0.5, 0.6) is 5.75 Å². The molecule has 202 valence electrons. The molecule has 1 saturated carbocycles. The molecule has 2 N–H and O–H groups in total. The Kier molecular flexibility index (Phi) is 5.93. The third-order valence-corrected chi connectivity index (χ3v) is 8.50. The number of alkyl halides is 3. The van der Waals surface area contributed by atoms with Crippen LogP contribution in [0.25, 0.3) is 11.0 Å². The number of amides is 1. The third kappa shape index (κ3) is 4.32. The van der Waals surface area contributed by atoms with Crippen molar-refractivity contribution in [2.24, 2.45) is 0 Å². The molecule has 1 spiro atoms. The Morgan fingerprint density at radius 3 is 2.63 bits per heavy atom. The average Bonchev–Trinajstić information content (AvgIpc) is 3.37. The number of carbonyl (C=O) groups is 1. The van der Waals surface area contributed by atoms with Gasteiger partial charge in [0.1, 0.15) is 17.9 Å². The maximum Gasteiger partial charge on any atom is 0.418 e. The van der Waals surface area contributed by atoms with E-state index in [-0.39, 0.29) is 29.8 Å². The molecular weight excluding hydrogens is 521 g/mol. The summed E-state index contributed by atoms with van der Waals surface area (Å²) in [6, 6.07) is 7.94. The fourth-order valence-corrected chi connectivity index (χ4v) is 6.36. The van der Waals surface area contributed by atoms with Gasteiger partial charge in [-0.15, -0.1) is 0 Å². The first-order valence-corrected chi connectivity index (χ1v) is 13.1. The molecule has 6 rings (SSSR count). The van der Waals surface area contributed by atoms with E-state index in [2.05, 4.69) is 15.2 Å². The highest BCUT2D eigenvalue weighted by atomic mass is 35.5. The van der Waals surface area contributed by atoms with Gasteiger partial charge in [0.05, 0.1) is 28.4 Å². The number of hydrogen-bond donors (Lipinski definition) is 2. The lowest BCUT2D eigenvalue weighted by Crippen LogP contribution is -2.47. The maximum atomic E-state index is 13.9. The molecule has 3 aliphatic rings. The highest BCUT2D eigenvalue weighted by Gasteiger charge is 2.48. The number of anilines is 1. The number of carbonyl (C=O) groups excluding carboxylic acids is 1. The fourth-order valence-electron chi connectivity index (χ4n) is 6.18. The SMILES string of the molecule is CC1(O)CC(n2cnc3c(C(F)(F)F)cc(OCCN4CCC5(CC4)C(=O)Nc4ccc(Cl)cc45)cc32)C1. The lowest BCUT2D eigenvalue weighted by molar-refractivity contribution is -0.136. The predicted molar refractivity (Wildman–Crippen MR) is 137 cm³/mol. The van der Waals surface area contributed by atoms with Gasteiger partial charge in [-0.25, -0.2) is 4.98 Å². The first kappa shape index (κ1) is 25.5. The smallest absolute Gasteiger partial charge is 0.418 e. The van der Waals surface area contributed by atoms with E-state index in [1.165, 1.54) is 6.33 Å². The summed E-state index contributed by atoms with van der Waals surface area (Å²) in [5.41, 5.74) is -0.287. The van der Waals surface area contributed by atoms with Gasteiger partial charge in [0, 0.05) is 29.4 Å². The van der Waals surface area contributed by atoms with Crippen molar-refractivity contribution in [3.63, 3.8) is 0 Å². The number of nitrogens with one attached hydrogen (secondary N) is 1. The van der Waals surface area contributed by atoms with Gasteiger partial charge in [-0.2, -0.15) is 13.2 Å². The van der Waals surface area contributed by atoms with Gasteiger partial charge in [-0.05, 0) is 75.5 Å². The fraction of sp³-hybridized carbons (Fsp3) is 0.481. The number of nitrogens with zero attached hydrogens (tertiary/aromatic N) is 3. The Balaban J connectivity index is 1.14. The van der Waals surface area contributed by atoms with E-state index in [9.17, 15) is 23.1 Å². The van der Waals surface area contributed by atoms with Crippen molar-refractivity contribution in [1.82, 2.24) is 14.5 Å². The summed E-state index contributed by atoms with van der Waals surface area (Å²) in [6.07, 6.45) is -1.00. The highest BCUT2D eigenvalue weighted by Crippen LogP contribution is 2.46. The Bertz CT molecular complexity index is 1400. The molecular formula is C27H28ClF3N4O3. The van der Waals surface area contributed by atoms with Crippen LogP contribution in [-0.4, -0.2) is 57.3 Å². The van der Waals surface area contributed by atoms with Crippen molar-refractivity contribution in [3.8, 4) is 5.75 Å². The molecule has 1 aromatic heterocycles. The average molecular weight is 549 g/mol. The van der Waals surface area contributed by atoms with Gasteiger partial charge >= 0.3 is 6.18 Å². The third-order valence-electron chi connectivity index (χ3n) is 8.27. The van der Waals surface area contributed by atoms with Gasteiger partial charge in [0.25, 0.3) is 0 Å². The quantitative estimate of drug-likeness (QED) is 0.460. The lowest BCUT2D eigenvalue weighted by Gasteiger charge is -2.41. The van der Waals surface area contributed by atoms with Crippen LogP contribution in [0.1, 0.15) is 49.8 Å². The Hall–Kier alpha value is -2.82. The van der Waals surface area contributed by atoms with Crippen molar-refractivity contribution in [2.75, 3.05) is 31.6 Å². The van der Waals surface area contributed by atoms with Gasteiger partial charge in [-0.1, -0.05) is 11.6 Å². The molecule has 0 unspecified atom stereocenters. The van der Waals surface area contributed by atoms with Crippen LogP contribution in [0.2, 0.25) is 5.02 Å². The second-order valence-corrected chi connectivity index (χ2v) is 11.4. The number of ether oxygens (including phenoxy) is 1. The van der Waals surface area contributed by atoms with Crippen LogP contribution >= 0.6 is 11.6 Å². The normalized spacial score (nSPS) is 24.9. The van der Waals surface area contributed by atoms with E-state index in [0.717, 1.165) is 17.3 Å². The zero-order valence-electron chi connectivity index (χ0n) is 20.8. The number of aromatic nitrogens is 2. The molecule has 11 heteroatoms. The minimum atomic E-state index is -4.58. The minimum absolute atomic E-state index is 0.0109. The number of likely N-dealkylation sites (tertiary alicyclic amines) is 1. The van der Waals surface area contributed by atoms with Gasteiger partial charge in [0.15, 0.2) is 0 Å². The molecule has 7 nitrogen and oxygen atoms in total. The molecule has 3 aromatic rings. The van der Waals surface area contributed by atoms with Crippen LogP contribution in [0.3, 0.4) is 0 Å². The van der Waals surface area contributed by atoms with Crippen molar-refractivity contribution in [1.29, 1.82) is 0 Å². The number of imidazole rings is 1. The van der Waals surface area contributed by atoms with Gasteiger partial charge in [0.2, 0.25) is 5.91 Å². The van der Waals surface area contributed by atoms with E-state index in [4.69, 9.17) is 16.3 Å². The van der Waals surface area contributed by atoms with Crippen LogP contribution in [-0.2, 0) is 16.4 Å². The Labute approximate surface area is 222 Å². The van der Waals surface area contributed by atoms with E-state index >= 15 is 0 Å². The summed E-state index contributed by atoms with van der Waals surface area (Å²) < 4.78 is 49.1. The number of aliphatic hydroxyl groups is 1. The Morgan fingerprint density at radius 2 is 1.95 bits per heavy atom. The first-order valence-electron chi connectivity index (χ1n) is 12.7. The topological polar surface area (TPSA) is 79.6 Å². The van der Waals surface area contributed by atoms with Gasteiger partial charge in [-0.3, -0.25) is 9.69 Å². The lowest BCUT2D eigenvalue weighted by atomic mass is 9.73. The highest BCUT2D eigenvalue weighted by molar-refractivity contribution is 6.31. The molecule has 0 radical (unpaired) electrons. The number of hydrogen-bond acceptors (Lipinski definition) is 5. The molecule has 1 aliphatic carbocycles. The number of halogens is 4. The second-order valence-electron chi connectivity index (χ2n) is 11.0. The zero-order chi connectivity index (χ0) is 26.9. The molecule has 38 heavy (non-hydrogen) atoms. The first-order chi connectivity index (χ1) is 18.0. The maximum absolute atomic E-state index is 13.9. The Morgan fingerprint density at radius 1 is 1.21 bits per heavy atom. The minimum Gasteiger partial charge on any atom is -0.492 e. The van der Waals surface area contributed by atoms with Crippen LogP contribution in [0, 0.1) is 0 Å². The van der Waals surface area contributed by atoms with Crippen molar-refractivity contribution < 1.29 is 27.8 Å². The summed E-state index contributed by atoms with van der Waals surface area (Å²) >= 11 is 6.20. The number of rotatable bonds is 5. The van der Waals surface area contributed by atoms with Crippen molar-refractivity contribution in [2.45, 2.75) is 55.8 Å². The summed E-state index contributed by atoms with van der Waals surface area (Å²) in [6.45, 7) is 3.75. The van der Waals surface area contributed by atoms with E-state index in [1.54, 1.807) is 23.6 Å². The number of benzene rings is 2. The summed E-state index contributed by atoms with van der Waals surface area (Å²) in [5.74, 6) is 0.119. The van der Waals surface area contributed by atoms with Crippen LogP contribution < -0.4 is 10.1 Å². The molecule has 2 fully saturated rings. The van der Waals surface area contributed by atoms with E-state index in [0.29, 0.717) is 55.9 Å². The van der Waals surface area contributed by atoms with Gasteiger partial charge < -0.3 is 19.7 Å². The monoisotopic (exact) mass is 548 g/mol. The van der Waals surface area contributed by atoms with Crippen molar-refractivity contribution >= 4 is 34.2 Å². The number of fused-ring (bicyclic) bond motifs is 3. The van der Waals surface area contributed by atoms with Crippen LogP contribution in [0.4, 0.5) is 18.9 Å². The molecule has 1 amide bonds. The molecule has 3 heterocycles. The summed E-state index contributed by atoms with van der Waals surface area (Å²) in [7, 11) is 0. The molecule has 0 bridgehead atoms. The largest absolute Gasteiger partial charge is 0.492 e. The standard InChI is InChI=1S/C27H28ClF3N4O3/c1-25(37)13-17(14-25)35-15-32-23-20(27(29,30)31)11-18(12-22(23)35)38-9-8-34-6-4-26(5-7-34)19-10-16(28)2-3-21(19)33-24(26)36/h2-3,10-12,15,17,37H,4-9,13-14H2,1H3,(H,33,36). The predicted octanol–water partition coefficient (Wildman–Crippen LogP) is 5.16. The van der Waals surface area contributed by atoms with Crippen LogP contribution in [0.15, 0.2) is 36.7 Å². The molecule has 0 atom stereocenters. The zero-order valence-corrected chi connectivity index (χ0v) is 21.6. The van der Waals surface area contributed by atoms with E-state index in [1.807, 2.05) is 12.1 Å². The van der Waals surface area contributed by atoms with Crippen molar-refractivity contribution in [3.05, 3.63) is 52.8 Å². The summed E-state index contributed by atoms with van der Waals surface area (Å²) in [5, 5.41) is 13.7. The molecule has 2 aromatic carbocycles. The summed E-state index contributed by atoms with van der Waals surface area (Å²) in [4.78, 5) is 19.1. The van der Waals surface area contributed by atoms with E-state index < -0.39 is 22.8 Å². The second kappa shape index (κ2) is 8.86. The molecule has 1 saturated heterocycles.